The first-order valence-electron chi connectivity index (χ1n) is 5.03. The van der Waals surface area contributed by atoms with Crippen molar-refractivity contribution in [2.45, 2.75) is 6.92 Å². The molecule has 0 aliphatic heterocycles. The molecule has 2 aromatic rings. The van der Waals surface area contributed by atoms with E-state index >= 15 is 0 Å². The fraction of sp³-hybridized carbons (Fsp3) is 0.250. The van der Waals surface area contributed by atoms with E-state index in [-0.39, 0.29) is 24.0 Å². The molecular weight excluding hydrogens is 347 g/mol. The van der Waals surface area contributed by atoms with E-state index in [2.05, 4.69) is 6.92 Å². The van der Waals surface area contributed by atoms with Gasteiger partial charge in [0.1, 0.15) is 11.4 Å². The smallest absolute Gasteiger partial charge is 0.332 e. The van der Waals surface area contributed by atoms with Crippen LogP contribution >= 0.6 is 11.3 Å². The summed E-state index contributed by atoms with van der Waals surface area (Å²) in [6, 6.07) is 8.02. The Hall–Kier alpha value is -0.820. The molecule has 0 atom stereocenters. The molecule has 0 fully saturated rings. The van der Waals surface area contributed by atoms with Crippen LogP contribution < -0.4 is 39.0 Å². The third kappa shape index (κ3) is 2.71. The van der Waals surface area contributed by atoms with Crippen LogP contribution in [-0.4, -0.2) is 7.11 Å². The molecule has 0 bridgehead atoms. The lowest BCUT2D eigenvalue weighted by molar-refractivity contribution is -0.641. The number of aryl methyl sites for hydroxylation is 1. The largest absolute Gasteiger partial charge is 1.00 e. The molecular formula is C12H15IN2OS. The predicted octanol–water partition coefficient (Wildman–Crippen LogP) is -0.857. The third-order valence-electron chi connectivity index (χ3n) is 2.62. The number of benzene rings is 1. The second-order valence-corrected chi connectivity index (χ2v) is 4.87. The van der Waals surface area contributed by atoms with Crippen molar-refractivity contribution in [2.24, 2.45) is 7.05 Å². The van der Waals surface area contributed by atoms with Crippen molar-refractivity contribution >= 4 is 16.5 Å². The van der Waals surface area contributed by atoms with Crippen LogP contribution in [-0.2, 0) is 7.05 Å². The normalized spacial score (nSPS) is 9.82. The van der Waals surface area contributed by atoms with Gasteiger partial charge in [-0.1, -0.05) is 11.3 Å². The summed E-state index contributed by atoms with van der Waals surface area (Å²) in [5, 5.41) is 0.823. The van der Waals surface area contributed by atoms with Gasteiger partial charge in [0.25, 0.3) is 0 Å². The van der Waals surface area contributed by atoms with Crippen molar-refractivity contribution in [1.29, 1.82) is 0 Å². The minimum atomic E-state index is 0. The number of thiazole rings is 1. The number of aromatic nitrogens is 1. The quantitative estimate of drug-likeness (QED) is 0.558. The number of halogens is 1. The van der Waals surface area contributed by atoms with Gasteiger partial charge in [-0.15, -0.1) is 0 Å². The standard InChI is InChI=1S/C12H14N2OS.HI/c1-8-11(14(2)12(13)16-8)9-4-6-10(15-3)7-5-9;/h4-7,13H,1-3H3;1H. The molecule has 0 radical (unpaired) electrons. The average Bonchev–Trinajstić information content (AvgIpc) is 2.54. The first-order valence-corrected chi connectivity index (χ1v) is 5.84. The van der Waals surface area contributed by atoms with Crippen molar-refractivity contribution in [1.82, 2.24) is 0 Å². The average molecular weight is 362 g/mol. The maximum absolute atomic E-state index is 5.89. The van der Waals surface area contributed by atoms with Crippen molar-refractivity contribution < 1.29 is 33.3 Å². The number of anilines is 1. The topological polar surface area (TPSA) is 39.1 Å². The summed E-state index contributed by atoms with van der Waals surface area (Å²) in [7, 11) is 3.65. The molecule has 1 heterocycles. The molecule has 0 amide bonds. The molecule has 92 valence electrons. The zero-order valence-electron chi connectivity index (χ0n) is 10.0. The summed E-state index contributed by atoms with van der Waals surface area (Å²) in [5.74, 6) is 0.868. The zero-order chi connectivity index (χ0) is 11.7. The molecule has 5 heteroatoms. The van der Waals surface area contributed by atoms with Crippen LogP contribution in [0.4, 0.5) is 5.13 Å². The van der Waals surface area contributed by atoms with Gasteiger partial charge >= 0.3 is 5.13 Å². The molecule has 0 saturated heterocycles. The molecule has 0 saturated carbocycles. The number of hydrogen-bond donors (Lipinski definition) is 1. The van der Waals surface area contributed by atoms with E-state index in [1.807, 2.05) is 35.9 Å². The Labute approximate surface area is 122 Å². The summed E-state index contributed by atoms with van der Waals surface area (Å²) in [6.45, 7) is 2.08. The molecule has 1 aromatic carbocycles. The van der Waals surface area contributed by atoms with Crippen LogP contribution in [0.1, 0.15) is 4.88 Å². The van der Waals surface area contributed by atoms with E-state index in [0.29, 0.717) is 0 Å². The highest BCUT2D eigenvalue weighted by molar-refractivity contribution is 7.15. The van der Waals surface area contributed by atoms with E-state index in [1.165, 1.54) is 10.6 Å². The van der Waals surface area contributed by atoms with E-state index < -0.39 is 0 Å². The number of rotatable bonds is 2. The number of nitrogen functional groups attached to an aromatic ring is 1. The first-order chi connectivity index (χ1) is 7.63. The summed E-state index contributed by atoms with van der Waals surface area (Å²) in [6.07, 6.45) is 0. The van der Waals surface area contributed by atoms with Crippen LogP contribution in [0.3, 0.4) is 0 Å². The van der Waals surface area contributed by atoms with Crippen molar-refractivity contribution in [3.63, 3.8) is 0 Å². The molecule has 0 unspecified atom stereocenters. The lowest BCUT2D eigenvalue weighted by Gasteiger charge is -2.02. The van der Waals surface area contributed by atoms with Gasteiger partial charge in [0.2, 0.25) is 0 Å². The van der Waals surface area contributed by atoms with Crippen LogP contribution in [0.15, 0.2) is 24.3 Å². The summed E-state index contributed by atoms with van der Waals surface area (Å²) < 4.78 is 7.16. The highest BCUT2D eigenvalue weighted by Crippen LogP contribution is 2.27. The maximum atomic E-state index is 5.89. The van der Waals surface area contributed by atoms with Crippen LogP contribution in [0, 0.1) is 6.92 Å². The molecule has 2 N–H and O–H groups in total. The molecule has 0 spiro atoms. The lowest BCUT2D eigenvalue weighted by Crippen LogP contribution is -3.00. The fourth-order valence-electron chi connectivity index (χ4n) is 1.77. The number of methoxy groups -OCH3 is 1. The van der Waals surface area contributed by atoms with Crippen molar-refractivity contribution in [3.8, 4) is 17.0 Å². The molecule has 0 aliphatic carbocycles. The number of hydrogen-bond acceptors (Lipinski definition) is 3. The molecule has 0 aliphatic rings. The maximum Gasteiger partial charge on any atom is 0.332 e. The highest BCUT2D eigenvalue weighted by Gasteiger charge is 2.16. The number of ether oxygens (including phenoxy) is 1. The van der Waals surface area contributed by atoms with Gasteiger partial charge in [-0.3, -0.25) is 5.73 Å². The Kier molecular flexibility index (Phi) is 4.76. The predicted molar refractivity (Wildman–Crippen MR) is 66.6 cm³/mol. The minimum Gasteiger partial charge on any atom is -1.00 e. The monoisotopic (exact) mass is 362 g/mol. The second kappa shape index (κ2) is 5.68. The van der Waals surface area contributed by atoms with E-state index in [9.17, 15) is 0 Å². The van der Waals surface area contributed by atoms with Gasteiger partial charge in [-0.2, -0.15) is 0 Å². The van der Waals surface area contributed by atoms with E-state index in [1.54, 1.807) is 18.4 Å². The van der Waals surface area contributed by atoms with Gasteiger partial charge in [0, 0.05) is 5.56 Å². The SMILES string of the molecule is COc1ccc(-c2c(C)sc(N)[n+]2C)cc1.[I-]. The number of nitrogens with zero attached hydrogens (tertiary/aromatic N) is 1. The van der Waals surface area contributed by atoms with Crippen LogP contribution in [0.25, 0.3) is 11.3 Å². The van der Waals surface area contributed by atoms with E-state index in [4.69, 9.17) is 10.5 Å². The minimum absolute atomic E-state index is 0. The summed E-state index contributed by atoms with van der Waals surface area (Å²) in [4.78, 5) is 1.23. The zero-order valence-corrected chi connectivity index (χ0v) is 13.0. The second-order valence-electron chi connectivity index (χ2n) is 3.63. The molecule has 17 heavy (non-hydrogen) atoms. The van der Waals surface area contributed by atoms with Gasteiger partial charge < -0.3 is 28.7 Å². The third-order valence-corrected chi connectivity index (χ3v) is 3.60. The Bertz CT molecular complexity index is 508. The number of nitrogens with two attached hydrogens (primary N) is 1. The van der Waals surface area contributed by atoms with Gasteiger partial charge in [-0.05, 0) is 31.2 Å². The highest BCUT2D eigenvalue weighted by atomic mass is 127. The summed E-state index contributed by atoms with van der Waals surface area (Å²) in [5.41, 5.74) is 8.22. The molecule has 1 aromatic heterocycles. The summed E-state index contributed by atoms with van der Waals surface area (Å²) >= 11 is 1.61. The Morgan fingerprint density at radius 1 is 1.24 bits per heavy atom. The Morgan fingerprint density at radius 2 is 1.82 bits per heavy atom. The van der Waals surface area contributed by atoms with Crippen LogP contribution in [0.2, 0.25) is 0 Å². The lowest BCUT2D eigenvalue weighted by atomic mass is 10.1. The first kappa shape index (κ1) is 14.2. The Morgan fingerprint density at radius 3 is 2.24 bits per heavy atom. The van der Waals surface area contributed by atoms with Gasteiger partial charge in [-0.25, -0.2) is 4.57 Å². The van der Waals surface area contributed by atoms with Crippen molar-refractivity contribution in [3.05, 3.63) is 29.1 Å². The fourth-order valence-corrected chi connectivity index (χ4v) is 2.66. The molecule has 3 nitrogen and oxygen atoms in total. The van der Waals surface area contributed by atoms with Crippen molar-refractivity contribution in [2.75, 3.05) is 12.8 Å². The van der Waals surface area contributed by atoms with Gasteiger partial charge in [0.05, 0.1) is 19.0 Å². The van der Waals surface area contributed by atoms with Crippen LogP contribution in [0.5, 0.6) is 5.75 Å². The van der Waals surface area contributed by atoms with Gasteiger partial charge in [0.15, 0.2) is 0 Å². The molecule has 2 rings (SSSR count). The van der Waals surface area contributed by atoms with E-state index in [0.717, 1.165) is 16.4 Å². The Balaban J connectivity index is 0.00000144.